The average molecular weight is 345 g/mol. The maximum absolute atomic E-state index is 2.25. The van der Waals surface area contributed by atoms with Gasteiger partial charge in [0.2, 0.25) is 0 Å². The highest BCUT2D eigenvalue weighted by atomic mass is 13.9. The molecule has 0 aromatic heterocycles. The molecule has 0 fully saturated rings. The minimum absolute atomic E-state index is 0.898. The van der Waals surface area contributed by atoms with Gasteiger partial charge in [-0.05, 0) is 23.7 Å². The second-order valence-corrected chi connectivity index (χ2v) is 8.73. The Bertz CT molecular complexity index is 125. The first-order valence-electron chi connectivity index (χ1n) is 11.1. The highest BCUT2D eigenvalue weighted by molar-refractivity contribution is 4.40. The van der Waals surface area contributed by atoms with Crippen molar-refractivity contribution in [3.63, 3.8) is 0 Å². The van der Waals surface area contributed by atoms with E-state index < -0.39 is 0 Å². The van der Waals surface area contributed by atoms with Crippen LogP contribution >= 0.6 is 0 Å². The Morgan fingerprint density at radius 3 is 0.458 bits per heavy atom. The Morgan fingerprint density at radius 1 is 0.333 bits per heavy atom. The van der Waals surface area contributed by atoms with E-state index in [1.807, 2.05) is 0 Å². The molecule has 0 aliphatic carbocycles. The summed E-state index contributed by atoms with van der Waals surface area (Å²) in [4.78, 5) is 0. The molecule has 0 N–H and O–H groups in total. The first-order valence-corrected chi connectivity index (χ1v) is 11.1. The smallest absolute Gasteiger partial charge is 0.0471 e. The van der Waals surface area contributed by atoms with E-state index in [2.05, 4.69) is 83.1 Å². The largest absolute Gasteiger partial charge is 0.0654 e. The molecule has 0 saturated carbocycles. The Balaban J connectivity index is -0.000000111. The van der Waals surface area contributed by atoms with Crippen LogP contribution in [0.2, 0.25) is 0 Å². The zero-order valence-electron chi connectivity index (χ0n) is 20.0. The third kappa shape index (κ3) is 67.4. The molecule has 0 saturated heterocycles. The molecule has 24 heavy (non-hydrogen) atoms. The van der Waals surface area contributed by atoms with Gasteiger partial charge >= 0.3 is 0 Å². The lowest BCUT2D eigenvalue weighted by Gasteiger charge is -1.95. The fraction of sp³-hybridized carbons (Fsp3) is 1.00. The normalized spacial score (nSPS) is 10.0. The van der Waals surface area contributed by atoms with Gasteiger partial charge in [-0.2, -0.15) is 0 Å². The van der Waals surface area contributed by atoms with Crippen molar-refractivity contribution >= 4 is 0 Å². The molecule has 0 unspecified atom stereocenters. The molecule has 152 valence electrons. The van der Waals surface area contributed by atoms with Gasteiger partial charge in [-0.1, -0.05) is 134 Å². The molecule has 0 radical (unpaired) electrons. The summed E-state index contributed by atoms with van der Waals surface area (Å²) in [6, 6.07) is 0. The van der Waals surface area contributed by atoms with Crippen molar-refractivity contribution in [2.45, 2.75) is 134 Å². The summed E-state index contributed by atoms with van der Waals surface area (Å²) in [5, 5.41) is 0. The van der Waals surface area contributed by atoms with Crippen molar-refractivity contribution in [1.29, 1.82) is 0 Å². The van der Waals surface area contributed by atoms with Gasteiger partial charge < -0.3 is 0 Å². The van der Waals surface area contributed by atoms with Crippen molar-refractivity contribution in [3.05, 3.63) is 0 Å². The first-order chi connectivity index (χ1) is 11.1. The molecule has 0 aromatic carbocycles. The number of rotatable bonds is 8. The lowest BCUT2D eigenvalue weighted by Crippen LogP contribution is -1.81. The average Bonchev–Trinajstić information content (AvgIpc) is 2.39. The van der Waals surface area contributed by atoms with Crippen molar-refractivity contribution in [1.82, 2.24) is 0 Å². The minimum atomic E-state index is 0.898. The third-order valence-electron chi connectivity index (χ3n) is 3.46. The number of hydrogen-bond acceptors (Lipinski definition) is 0. The van der Waals surface area contributed by atoms with Gasteiger partial charge in [0, 0.05) is 0 Å². The zero-order chi connectivity index (χ0) is 20.0. The van der Waals surface area contributed by atoms with Crippen molar-refractivity contribution < 1.29 is 0 Å². The van der Waals surface area contributed by atoms with Crippen LogP contribution in [-0.4, -0.2) is 0 Å². The van der Waals surface area contributed by atoms with Crippen LogP contribution in [-0.2, 0) is 0 Å². The Hall–Kier alpha value is 0. The Morgan fingerprint density at radius 2 is 0.458 bits per heavy atom. The second kappa shape index (κ2) is 27.8. The Kier molecular flexibility index (Phi) is 36.8. The molecule has 0 aliphatic rings. The molecule has 0 atom stereocenters. The summed E-state index contributed by atoms with van der Waals surface area (Å²) in [6.45, 7) is 26.9. The van der Waals surface area contributed by atoms with Crippen LogP contribution in [0.15, 0.2) is 0 Å². The lowest BCUT2D eigenvalue weighted by atomic mass is 10.1. The molecule has 0 bridgehead atoms. The minimum Gasteiger partial charge on any atom is -0.0654 e. The van der Waals surface area contributed by atoms with E-state index in [9.17, 15) is 0 Å². The molecular weight excluding hydrogens is 288 g/mol. The van der Waals surface area contributed by atoms with Gasteiger partial charge in [-0.15, -0.1) is 0 Å². The zero-order valence-corrected chi connectivity index (χ0v) is 20.0. The van der Waals surface area contributed by atoms with E-state index in [1.54, 1.807) is 0 Å². The SMILES string of the molecule is CCCC(C)C.CCCC(C)C.CCCC(C)C.CCCC(C)C. The highest BCUT2D eigenvalue weighted by Crippen LogP contribution is 2.02. The molecule has 0 aliphatic heterocycles. The van der Waals surface area contributed by atoms with Crippen LogP contribution in [0.4, 0.5) is 0 Å². The van der Waals surface area contributed by atoms with E-state index in [0.29, 0.717) is 0 Å². The maximum atomic E-state index is 2.25. The van der Waals surface area contributed by atoms with Crippen molar-refractivity contribution in [2.75, 3.05) is 0 Å². The van der Waals surface area contributed by atoms with Gasteiger partial charge in [0.25, 0.3) is 0 Å². The summed E-state index contributed by atoms with van der Waals surface area (Å²) < 4.78 is 0. The van der Waals surface area contributed by atoms with E-state index >= 15 is 0 Å². The molecular formula is C24H56. The van der Waals surface area contributed by atoms with E-state index in [-0.39, 0.29) is 0 Å². The maximum Gasteiger partial charge on any atom is -0.0471 e. The first kappa shape index (κ1) is 31.7. The monoisotopic (exact) mass is 344 g/mol. The van der Waals surface area contributed by atoms with Gasteiger partial charge in [-0.3, -0.25) is 0 Å². The van der Waals surface area contributed by atoms with Crippen LogP contribution < -0.4 is 0 Å². The van der Waals surface area contributed by atoms with E-state index in [1.165, 1.54) is 51.4 Å². The highest BCUT2D eigenvalue weighted by Gasteiger charge is 1.87. The summed E-state index contributed by atoms with van der Waals surface area (Å²) >= 11 is 0. The van der Waals surface area contributed by atoms with Crippen LogP contribution in [0, 0.1) is 23.7 Å². The Labute approximate surface area is 158 Å². The molecule has 0 nitrogen and oxygen atoms in total. The van der Waals surface area contributed by atoms with Gasteiger partial charge in [0.15, 0.2) is 0 Å². The molecule has 0 amide bonds. The second-order valence-electron chi connectivity index (χ2n) is 8.73. The van der Waals surface area contributed by atoms with Crippen LogP contribution in [0.1, 0.15) is 134 Å². The number of hydrogen-bond donors (Lipinski definition) is 0. The van der Waals surface area contributed by atoms with E-state index in [0.717, 1.165) is 23.7 Å². The molecule has 0 aromatic rings. The topological polar surface area (TPSA) is 0 Å². The van der Waals surface area contributed by atoms with Gasteiger partial charge in [-0.25, -0.2) is 0 Å². The lowest BCUT2D eigenvalue weighted by molar-refractivity contribution is 0.576. The van der Waals surface area contributed by atoms with Crippen molar-refractivity contribution in [3.8, 4) is 0 Å². The van der Waals surface area contributed by atoms with Gasteiger partial charge in [0.1, 0.15) is 0 Å². The quantitative estimate of drug-likeness (QED) is 0.411. The fourth-order valence-corrected chi connectivity index (χ4v) is 2.31. The predicted molar refractivity (Wildman–Crippen MR) is 119 cm³/mol. The van der Waals surface area contributed by atoms with E-state index in [4.69, 9.17) is 0 Å². The molecule has 0 heteroatoms. The summed E-state index contributed by atoms with van der Waals surface area (Å²) in [6.07, 6.45) is 10.8. The molecule has 0 heterocycles. The summed E-state index contributed by atoms with van der Waals surface area (Å²) in [5.41, 5.74) is 0. The van der Waals surface area contributed by atoms with Crippen LogP contribution in [0.25, 0.3) is 0 Å². The van der Waals surface area contributed by atoms with Gasteiger partial charge in [0.05, 0.1) is 0 Å². The predicted octanol–water partition coefficient (Wildman–Crippen LogP) is 9.77. The standard InChI is InChI=1S/4C6H14/c4*1-4-5-6(2)3/h4*6H,4-5H2,1-3H3. The van der Waals surface area contributed by atoms with Crippen molar-refractivity contribution in [2.24, 2.45) is 23.7 Å². The van der Waals surface area contributed by atoms with Crippen LogP contribution in [0.5, 0.6) is 0 Å². The summed E-state index contributed by atoms with van der Waals surface area (Å²) in [5.74, 6) is 3.59. The third-order valence-corrected chi connectivity index (χ3v) is 3.46. The summed E-state index contributed by atoms with van der Waals surface area (Å²) in [7, 11) is 0. The molecule has 0 spiro atoms. The molecule has 0 rings (SSSR count). The fourth-order valence-electron chi connectivity index (χ4n) is 2.31. The van der Waals surface area contributed by atoms with Crippen LogP contribution in [0.3, 0.4) is 0 Å².